The second-order valence-electron chi connectivity index (χ2n) is 7.86. The maximum atomic E-state index is 13.2. The molecule has 0 radical (unpaired) electrons. The summed E-state index contributed by atoms with van der Waals surface area (Å²) in [4.78, 5) is 26.3. The van der Waals surface area contributed by atoms with Crippen LogP contribution in [0.25, 0.3) is 16.9 Å². The molecule has 4 aromatic rings. The van der Waals surface area contributed by atoms with Crippen molar-refractivity contribution in [2.75, 3.05) is 19.0 Å². The molecule has 0 saturated heterocycles. The number of rotatable bonds is 5. The highest BCUT2D eigenvalue weighted by Gasteiger charge is 2.21. The van der Waals surface area contributed by atoms with Gasteiger partial charge in [0.1, 0.15) is 5.75 Å². The number of benzene rings is 3. The third-order valence-electron chi connectivity index (χ3n) is 5.47. The maximum Gasteiger partial charge on any atom is 0.262 e. The van der Waals surface area contributed by atoms with Crippen LogP contribution in [0.1, 0.15) is 15.9 Å². The molecule has 3 aromatic carbocycles. The standard InChI is InChI=1S/C26H22N4O3/c1-29(26(32)19-12-13-22-23(14-19)33-17-24(31)27-22)15-20-16-30(21-10-6-3-7-11-21)28-25(20)18-8-4-2-5-9-18/h2-14,16H,15,17H2,1H3,(H,27,31). The van der Waals surface area contributed by atoms with Crippen LogP contribution in [0.4, 0.5) is 5.69 Å². The molecular formula is C26H22N4O3. The lowest BCUT2D eigenvalue weighted by Gasteiger charge is -2.21. The molecule has 164 valence electrons. The average Bonchev–Trinajstić information content (AvgIpc) is 3.28. The first-order valence-electron chi connectivity index (χ1n) is 10.6. The normalized spacial score (nSPS) is 12.5. The van der Waals surface area contributed by atoms with Crippen molar-refractivity contribution in [1.29, 1.82) is 0 Å². The van der Waals surface area contributed by atoms with Crippen LogP contribution in [-0.2, 0) is 11.3 Å². The fraction of sp³-hybridized carbons (Fsp3) is 0.115. The molecule has 33 heavy (non-hydrogen) atoms. The number of hydrogen-bond acceptors (Lipinski definition) is 4. The van der Waals surface area contributed by atoms with Gasteiger partial charge in [-0.25, -0.2) is 4.68 Å². The highest BCUT2D eigenvalue weighted by Crippen LogP contribution is 2.30. The molecule has 0 atom stereocenters. The van der Waals surface area contributed by atoms with Gasteiger partial charge in [-0.15, -0.1) is 0 Å². The van der Waals surface area contributed by atoms with Gasteiger partial charge in [0.25, 0.3) is 11.8 Å². The molecule has 2 heterocycles. The first kappa shape index (κ1) is 20.5. The summed E-state index contributed by atoms with van der Waals surface area (Å²) in [5.74, 6) is 0.142. The van der Waals surface area contributed by atoms with Crippen LogP contribution in [-0.4, -0.2) is 40.1 Å². The Morgan fingerprint density at radius 2 is 1.79 bits per heavy atom. The van der Waals surface area contributed by atoms with Crippen molar-refractivity contribution in [3.05, 3.63) is 96.2 Å². The van der Waals surface area contributed by atoms with E-state index < -0.39 is 0 Å². The Bertz CT molecular complexity index is 1320. The lowest BCUT2D eigenvalue weighted by molar-refractivity contribution is -0.118. The predicted molar refractivity (Wildman–Crippen MR) is 125 cm³/mol. The molecule has 0 aliphatic carbocycles. The van der Waals surface area contributed by atoms with Gasteiger partial charge in [0, 0.05) is 36.5 Å². The molecule has 0 bridgehead atoms. The monoisotopic (exact) mass is 438 g/mol. The summed E-state index contributed by atoms with van der Waals surface area (Å²) in [6.07, 6.45) is 1.97. The van der Waals surface area contributed by atoms with E-state index in [1.807, 2.05) is 71.5 Å². The maximum absolute atomic E-state index is 13.2. The third kappa shape index (κ3) is 4.21. The molecular weight excluding hydrogens is 416 g/mol. The zero-order valence-electron chi connectivity index (χ0n) is 18.1. The van der Waals surface area contributed by atoms with E-state index in [1.54, 1.807) is 30.1 Å². The highest BCUT2D eigenvalue weighted by atomic mass is 16.5. The van der Waals surface area contributed by atoms with E-state index in [-0.39, 0.29) is 18.4 Å². The number of nitrogens with one attached hydrogen (secondary N) is 1. The van der Waals surface area contributed by atoms with Crippen molar-refractivity contribution < 1.29 is 14.3 Å². The first-order valence-corrected chi connectivity index (χ1v) is 10.6. The molecule has 1 aromatic heterocycles. The molecule has 0 saturated carbocycles. The molecule has 2 amide bonds. The molecule has 1 aliphatic rings. The van der Waals surface area contributed by atoms with E-state index in [9.17, 15) is 9.59 Å². The first-order chi connectivity index (χ1) is 16.1. The quantitative estimate of drug-likeness (QED) is 0.508. The number of fused-ring (bicyclic) bond motifs is 1. The molecule has 0 spiro atoms. The Morgan fingerprint density at radius 3 is 2.55 bits per heavy atom. The van der Waals surface area contributed by atoms with Crippen LogP contribution in [0.2, 0.25) is 0 Å². The van der Waals surface area contributed by atoms with Crippen LogP contribution >= 0.6 is 0 Å². The van der Waals surface area contributed by atoms with E-state index in [1.165, 1.54) is 0 Å². The second kappa shape index (κ2) is 8.63. The number of hydrogen-bond donors (Lipinski definition) is 1. The molecule has 7 nitrogen and oxygen atoms in total. The van der Waals surface area contributed by atoms with Gasteiger partial charge in [-0.1, -0.05) is 48.5 Å². The third-order valence-corrected chi connectivity index (χ3v) is 5.47. The SMILES string of the molecule is CN(Cc1cn(-c2ccccc2)nc1-c1ccccc1)C(=O)c1ccc2c(c1)OCC(=O)N2. The number of carbonyl (C=O) groups excluding carboxylic acids is 2. The zero-order valence-corrected chi connectivity index (χ0v) is 18.1. The number of ether oxygens (including phenoxy) is 1. The summed E-state index contributed by atoms with van der Waals surface area (Å²) in [5, 5.41) is 7.56. The molecule has 0 unspecified atom stereocenters. The van der Waals surface area contributed by atoms with Crippen LogP contribution < -0.4 is 10.1 Å². The van der Waals surface area contributed by atoms with Gasteiger partial charge in [0.15, 0.2) is 6.61 Å². The summed E-state index contributed by atoms with van der Waals surface area (Å²) < 4.78 is 7.30. The summed E-state index contributed by atoms with van der Waals surface area (Å²) in [6, 6.07) is 24.9. The molecule has 1 aliphatic heterocycles. The van der Waals surface area contributed by atoms with E-state index in [0.717, 1.165) is 22.5 Å². The number of nitrogens with zero attached hydrogens (tertiary/aromatic N) is 3. The summed E-state index contributed by atoms with van der Waals surface area (Å²) >= 11 is 0. The Kier molecular flexibility index (Phi) is 5.36. The van der Waals surface area contributed by atoms with Crippen LogP contribution in [0.3, 0.4) is 0 Å². The fourth-order valence-corrected chi connectivity index (χ4v) is 3.83. The smallest absolute Gasteiger partial charge is 0.262 e. The largest absolute Gasteiger partial charge is 0.482 e. The molecule has 0 fully saturated rings. The average molecular weight is 438 g/mol. The van der Waals surface area contributed by atoms with Gasteiger partial charge >= 0.3 is 0 Å². The van der Waals surface area contributed by atoms with E-state index in [4.69, 9.17) is 9.84 Å². The van der Waals surface area contributed by atoms with Gasteiger partial charge in [-0.2, -0.15) is 5.10 Å². The Hall–Kier alpha value is -4.39. The molecule has 1 N–H and O–H groups in total. The second-order valence-corrected chi connectivity index (χ2v) is 7.86. The van der Waals surface area contributed by atoms with Crippen molar-refractivity contribution in [3.63, 3.8) is 0 Å². The van der Waals surface area contributed by atoms with Gasteiger partial charge in [0.05, 0.1) is 17.1 Å². The minimum atomic E-state index is -0.206. The van der Waals surface area contributed by atoms with Crippen molar-refractivity contribution in [3.8, 4) is 22.7 Å². The van der Waals surface area contributed by atoms with Crippen molar-refractivity contribution in [2.45, 2.75) is 6.54 Å². The van der Waals surface area contributed by atoms with Crippen LogP contribution in [0, 0.1) is 0 Å². The van der Waals surface area contributed by atoms with Gasteiger partial charge < -0.3 is 15.0 Å². The van der Waals surface area contributed by atoms with E-state index >= 15 is 0 Å². The fourth-order valence-electron chi connectivity index (χ4n) is 3.83. The zero-order chi connectivity index (χ0) is 22.8. The predicted octanol–water partition coefficient (Wildman–Crippen LogP) is 4.14. The van der Waals surface area contributed by atoms with Crippen molar-refractivity contribution in [1.82, 2.24) is 14.7 Å². The number of carbonyl (C=O) groups is 2. The highest BCUT2D eigenvalue weighted by molar-refractivity contribution is 5.99. The minimum Gasteiger partial charge on any atom is -0.482 e. The van der Waals surface area contributed by atoms with E-state index in [2.05, 4.69) is 5.32 Å². The topological polar surface area (TPSA) is 76.5 Å². The van der Waals surface area contributed by atoms with Crippen molar-refractivity contribution >= 4 is 17.5 Å². The molecule has 7 heteroatoms. The lowest BCUT2D eigenvalue weighted by atomic mass is 10.1. The van der Waals surface area contributed by atoms with Crippen LogP contribution in [0.5, 0.6) is 5.75 Å². The summed E-state index contributed by atoms with van der Waals surface area (Å²) in [7, 11) is 1.76. The number of anilines is 1. The Morgan fingerprint density at radius 1 is 1.06 bits per heavy atom. The number of amides is 2. The summed E-state index contributed by atoms with van der Waals surface area (Å²) in [5.41, 5.74) is 4.76. The molecule has 5 rings (SSSR count). The minimum absolute atomic E-state index is 0.0560. The van der Waals surface area contributed by atoms with E-state index in [0.29, 0.717) is 23.5 Å². The summed E-state index contributed by atoms with van der Waals surface area (Å²) in [6.45, 7) is 0.324. The lowest BCUT2D eigenvalue weighted by Crippen LogP contribution is -2.28. The Balaban J connectivity index is 1.44. The van der Waals surface area contributed by atoms with Gasteiger partial charge in [-0.05, 0) is 30.3 Å². The number of aromatic nitrogens is 2. The van der Waals surface area contributed by atoms with Crippen molar-refractivity contribution in [2.24, 2.45) is 0 Å². The van der Waals surface area contributed by atoms with Crippen LogP contribution in [0.15, 0.2) is 85.1 Å². The van der Waals surface area contributed by atoms with Gasteiger partial charge in [0.2, 0.25) is 0 Å². The number of para-hydroxylation sites is 1. The Labute approximate surface area is 191 Å². The van der Waals surface area contributed by atoms with Gasteiger partial charge in [-0.3, -0.25) is 9.59 Å².